The summed E-state index contributed by atoms with van der Waals surface area (Å²) >= 11 is 0. The highest BCUT2D eigenvalue weighted by molar-refractivity contribution is 4.84. The van der Waals surface area contributed by atoms with E-state index in [0.717, 1.165) is 6.04 Å². The van der Waals surface area contributed by atoms with Crippen molar-refractivity contribution in [1.29, 1.82) is 0 Å². The highest BCUT2D eigenvalue weighted by atomic mass is 15.3. The number of hydrogen-bond donors (Lipinski definition) is 0. The average molecular weight is 183 g/mol. The number of likely N-dealkylation sites (N-methyl/N-ethyl adjacent to an activating group) is 2. The van der Waals surface area contributed by atoms with E-state index in [0.29, 0.717) is 0 Å². The second-order valence-corrected chi connectivity index (χ2v) is 4.54. The number of rotatable bonds is 1. The van der Waals surface area contributed by atoms with E-state index in [-0.39, 0.29) is 0 Å². The summed E-state index contributed by atoms with van der Waals surface area (Å²) in [5, 5.41) is 0. The van der Waals surface area contributed by atoms with Crippen LogP contribution in [-0.2, 0) is 0 Å². The van der Waals surface area contributed by atoms with Crippen LogP contribution in [0.25, 0.3) is 0 Å². The molecule has 1 atom stereocenters. The first-order chi connectivity index (χ1) is 6.25. The fourth-order valence-electron chi connectivity index (χ4n) is 2.40. The van der Waals surface area contributed by atoms with Gasteiger partial charge in [0.15, 0.2) is 0 Å². The molecule has 0 aliphatic carbocycles. The highest BCUT2D eigenvalue weighted by Crippen LogP contribution is 2.15. The number of hydrogen-bond acceptors (Lipinski definition) is 3. The van der Waals surface area contributed by atoms with Crippen LogP contribution < -0.4 is 0 Å². The van der Waals surface area contributed by atoms with E-state index in [2.05, 4.69) is 28.8 Å². The highest BCUT2D eigenvalue weighted by Gasteiger charge is 2.27. The minimum absolute atomic E-state index is 0.846. The van der Waals surface area contributed by atoms with Crippen molar-refractivity contribution in [1.82, 2.24) is 14.7 Å². The van der Waals surface area contributed by atoms with Crippen molar-refractivity contribution in [3.63, 3.8) is 0 Å². The van der Waals surface area contributed by atoms with Crippen LogP contribution >= 0.6 is 0 Å². The summed E-state index contributed by atoms with van der Waals surface area (Å²) in [5.41, 5.74) is 0. The molecule has 0 bridgehead atoms. The van der Waals surface area contributed by atoms with E-state index >= 15 is 0 Å². The lowest BCUT2D eigenvalue weighted by atomic mass is 10.2. The van der Waals surface area contributed by atoms with Gasteiger partial charge in [-0.05, 0) is 27.1 Å². The Hall–Kier alpha value is -0.120. The SMILES string of the molecule is CN1CCN([C@H]2CCN(C)C2)CC1. The molecule has 0 aromatic rings. The summed E-state index contributed by atoms with van der Waals surface area (Å²) < 4.78 is 0. The third-order valence-electron chi connectivity index (χ3n) is 3.42. The molecule has 3 nitrogen and oxygen atoms in total. The van der Waals surface area contributed by atoms with Crippen LogP contribution in [0.1, 0.15) is 6.42 Å². The number of nitrogens with zero attached hydrogens (tertiary/aromatic N) is 3. The largest absolute Gasteiger partial charge is 0.305 e. The van der Waals surface area contributed by atoms with Crippen molar-refractivity contribution >= 4 is 0 Å². The zero-order valence-electron chi connectivity index (χ0n) is 8.87. The Balaban J connectivity index is 1.81. The number of piperazine rings is 1. The van der Waals surface area contributed by atoms with Crippen LogP contribution in [0.15, 0.2) is 0 Å². The Morgan fingerprint density at radius 1 is 0.846 bits per heavy atom. The van der Waals surface area contributed by atoms with Crippen LogP contribution in [0, 0.1) is 0 Å². The van der Waals surface area contributed by atoms with Crippen molar-refractivity contribution < 1.29 is 0 Å². The molecule has 3 heteroatoms. The van der Waals surface area contributed by atoms with Gasteiger partial charge in [-0.2, -0.15) is 0 Å². The molecule has 2 fully saturated rings. The van der Waals surface area contributed by atoms with Crippen LogP contribution in [-0.4, -0.2) is 74.1 Å². The van der Waals surface area contributed by atoms with Crippen LogP contribution in [0.2, 0.25) is 0 Å². The maximum absolute atomic E-state index is 2.67. The molecule has 2 aliphatic heterocycles. The summed E-state index contributed by atoms with van der Waals surface area (Å²) in [6, 6.07) is 0.846. The second kappa shape index (κ2) is 3.95. The van der Waals surface area contributed by atoms with Crippen molar-refractivity contribution in [3.05, 3.63) is 0 Å². The Bertz CT molecular complexity index is 164. The molecular weight excluding hydrogens is 162 g/mol. The molecule has 2 saturated heterocycles. The first-order valence-electron chi connectivity index (χ1n) is 5.37. The van der Waals surface area contributed by atoms with E-state index in [1.807, 2.05) is 0 Å². The summed E-state index contributed by atoms with van der Waals surface area (Å²) in [6.07, 6.45) is 1.38. The summed E-state index contributed by atoms with van der Waals surface area (Å²) in [5.74, 6) is 0. The zero-order chi connectivity index (χ0) is 9.26. The Kier molecular flexibility index (Phi) is 2.86. The molecule has 0 unspecified atom stereocenters. The molecule has 0 spiro atoms. The molecular formula is C10H21N3. The first-order valence-corrected chi connectivity index (χ1v) is 5.37. The lowest BCUT2D eigenvalue weighted by molar-refractivity contribution is 0.114. The third kappa shape index (κ3) is 2.22. The molecule has 13 heavy (non-hydrogen) atoms. The van der Waals surface area contributed by atoms with Gasteiger partial charge in [0.25, 0.3) is 0 Å². The van der Waals surface area contributed by atoms with E-state index < -0.39 is 0 Å². The molecule has 2 heterocycles. The van der Waals surface area contributed by atoms with Gasteiger partial charge in [-0.3, -0.25) is 4.90 Å². The Morgan fingerprint density at radius 2 is 1.54 bits per heavy atom. The molecule has 0 aromatic heterocycles. The van der Waals surface area contributed by atoms with Gasteiger partial charge < -0.3 is 9.80 Å². The van der Waals surface area contributed by atoms with Crippen molar-refractivity contribution in [3.8, 4) is 0 Å². The number of likely N-dealkylation sites (tertiary alicyclic amines) is 1. The molecule has 2 rings (SSSR count). The van der Waals surface area contributed by atoms with E-state index in [9.17, 15) is 0 Å². The summed E-state index contributed by atoms with van der Waals surface area (Å²) in [7, 11) is 4.45. The van der Waals surface area contributed by atoms with E-state index in [4.69, 9.17) is 0 Å². The van der Waals surface area contributed by atoms with Gasteiger partial charge in [-0.25, -0.2) is 0 Å². The van der Waals surface area contributed by atoms with Gasteiger partial charge >= 0.3 is 0 Å². The topological polar surface area (TPSA) is 9.72 Å². The smallest absolute Gasteiger partial charge is 0.0236 e. The summed E-state index contributed by atoms with van der Waals surface area (Å²) in [6.45, 7) is 7.62. The van der Waals surface area contributed by atoms with Crippen LogP contribution in [0.3, 0.4) is 0 Å². The molecule has 0 amide bonds. The molecule has 0 radical (unpaired) electrons. The maximum Gasteiger partial charge on any atom is 0.0236 e. The van der Waals surface area contributed by atoms with E-state index in [1.54, 1.807) is 0 Å². The standard InChI is InChI=1S/C10H21N3/c1-11-5-7-13(8-6-11)10-3-4-12(2)9-10/h10H,3-9H2,1-2H3/t10-/m0/s1. The molecule has 0 aromatic carbocycles. The molecule has 76 valence electrons. The molecule has 0 saturated carbocycles. The summed E-state index contributed by atoms with van der Waals surface area (Å²) in [4.78, 5) is 7.54. The van der Waals surface area contributed by atoms with Crippen molar-refractivity contribution in [2.45, 2.75) is 12.5 Å². The normalized spacial score (nSPS) is 34.2. The van der Waals surface area contributed by atoms with Gasteiger partial charge in [0.2, 0.25) is 0 Å². The predicted octanol–water partition coefficient (Wildman–Crippen LogP) is -0.0621. The fourth-order valence-corrected chi connectivity index (χ4v) is 2.40. The Morgan fingerprint density at radius 3 is 2.08 bits per heavy atom. The quantitative estimate of drug-likeness (QED) is 0.564. The lowest BCUT2D eigenvalue weighted by Gasteiger charge is -2.36. The zero-order valence-corrected chi connectivity index (χ0v) is 8.87. The van der Waals surface area contributed by atoms with Gasteiger partial charge in [0, 0.05) is 38.8 Å². The van der Waals surface area contributed by atoms with Gasteiger partial charge in [0.1, 0.15) is 0 Å². The fraction of sp³-hybridized carbons (Fsp3) is 1.00. The van der Waals surface area contributed by atoms with Gasteiger partial charge in [0.05, 0.1) is 0 Å². The maximum atomic E-state index is 2.67. The van der Waals surface area contributed by atoms with Gasteiger partial charge in [-0.1, -0.05) is 0 Å². The van der Waals surface area contributed by atoms with Crippen LogP contribution in [0.5, 0.6) is 0 Å². The molecule has 0 N–H and O–H groups in total. The minimum atomic E-state index is 0.846. The molecule has 2 aliphatic rings. The van der Waals surface area contributed by atoms with Crippen molar-refractivity contribution in [2.75, 3.05) is 53.4 Å². The minimum Gasteiger partial charge on any atom is -0.305 e. The first kappa shape index (κ1) is 9.44. The van der Waals surface area contributed by atoms with E-state index in [1.165, 1.54) is 45.7 Å². The lowest BCUT2D eigenvalue weighted by Crippen LogP contribution is -2.49. The second-order valence-electron chi connectivity index (χ2n) is 4.54. The van der Waals surface area contributed by atoms with Crippen LogP contribution in [0.4, 0.5) is 0 Å². The third-order valence-corrected chi connectivity index (χ3v) is 3.42. The monoisotopic (exact) mass is 183 g/mol. The predicted molar refractivity (Wildman–Crippen MR) is 55.0 cm³/mol. The van der Waals surface area contributed by atoms with Gasteiger partial charge in [-0.15, -0.1) is 0 Å². The van der Waals surface area contributed by atoms with Crippen molar-refractivity contribution in [2.24, 2.45) is 0 Å². The Labute approximate surface area is 81.3 Å². The average Bonchev–Trinajstić information content (AvgIpc) is 2.53.